The number of benzene rings is 1. The van der Waals surface area contributed by atoms with Crippen LogP contribution in [0, 0.1) is 18.8 Å². The van der Waals surface area contributed by atoms with E-state index in [4.69, 9.17) is 0 Å². The summed E-state index contributed by atoms with van der Waals surface area (Å²) in [6.07, 6.45) is 0. The van der Waals surface area contributed by atoms with Crippen molar-refractivity contribution >= 4 is 26.0 Å². The second-order valence-electron chi connectivity index (χ2n) is 5.83. The third-order valence-corrected chi connectivity index (χ3v) is 6.45. The lowest BCUT2D eigenvalue weighted by Gasteiger charge is -2.17. The van der Waals surface area contributed by atoms with Crippen molar-refractivity contribution in [3.05, 3.63) is 27.7 Å². The van der Waals surface area contributed by atoms with Gasteiger partial charge in [0.25, 0.3) is 0 Å². The molecule has 4 nitrogen and oxygen atoms in total. The number of rotatable bonds is 7. The van der Waals surface area contributed by atoms with Crippen molar-refractivity contribution in [1.29, 1.82) is 0 Å². The fraction of sp³-hybridized carbons (Fsp3) is 0.600. The Labute approximate surface area is 136 Å². The normalized spacial score (nSPS) is 13.7. The van der Waals surface area contributed by atoms with Gasteiger partial charge >= 0.3 is 0 Å². The minimum absolute atomic E-state index is 0.292. The zero-order chi connectivity index (χ0) is 16.2. The van der Waals surface area contributed by atoms with Gasteiger partial charge in [0.05, 0.1) is 4.90 Å². The van der Waals surface area contributed by atoms with Gasteiger partial charge < -0.3 is 5.32 Å². The topological polar surface area (TPSA) is 58.2 Å². The van der Waals surface area contributed by atoms with E-state index >= 15 is 0 Å². The molecule has 1 aromatic rings. The molecule has 1 aromatic carbocycles. The first kappa shape index (κ1) is 18.6. The number of aryl methyl sites for hydroxylation is 1. The summed E-state index contributed by atoms with van der Waals surface area (Å²) in [5.41, 5.74) is 1.87. The molecule has 0 amide bonds. The lowest BCUT2D eigenvalue weighted by atomic mass is 9.99. The van der Waals surface area contributed by atoms with Crippen LogP contribution in [0.3, 0.4) is 0 Å². The van der Waals surface area contributed by atoms with Crippen molar-refractivity contribution in [1.82, 2.24) is 10.0 Å². The second kappa shape index (κ2) is 7.72. The molecule has 21 heavy (non-hydrogen) atoms. The summed E-state index contributed by atoms with van der Waals surface area (Å²) in [5, 5.41) is 3.04. The Morgan fingerprint density at radius 3 is 2.38 bits per heavy atom. The molecular weight excluding hydrogens is 352 g/mol. The van der Waals surface area contributed by atoms with Crippen molar-refractivity contribution in [3.8, 4) is 0 Å². The summed E-state index contributed by atoms with van der Waals surface area (Å²) in [6.45, 7) is 9.21. The summed E-state index contributed by atoms with van der Waals surface area (Å²) in [4.78, 5) is 0.309. The Morgan fingerprint density at radius 1 is 1.24 bits per heavy atom. The largest absolute Gasteiger partial charge is 0.316 e. The smallest absolute Gasteiger partial charge is 0.241 e. The van der Waals surface area contributed by atoms with Gasteiger partial charge in [0, 0.05) is 17.6 Å². The Hall–Kier alpha value is -0.430. The highest BCUT2D eigenvalue weighted by Crippen LogP contribution is 2.27. The molecule has 1 rings (SSSR count). The number of sulfonamides is 1. The van der Waals surface area contributed by atoms with Crippen molar-refractivity contribution in [2.24, 2.45) is 11.8 Å². The maximum absolute atomic E-state index is 12.5. The maximum Gasteiger partial charge on any atom is 0.241 e. The Morgan fingerprint density at radius 2 is 1.86 bits per heavy atom. The van der Waals surface area contributed by atoms with Crippen LogP contribution in [0.15, 0.2) is 21.5 Å². The van der Waals surface area contributed by atoms with Crippen molar-refractivity contribution in [2.45, 2.75) is 39.1 Å². The van der Waals surface area contributed by atoms with Crippen LogP contribution < -0.4 is 10.0 Å². The summed E-state index contributed by atoms with van der Waals surface area (Å²) in [7, 11) is -1.67. The van der Waals surface area contributed by atoms with Gasteiger partial charge in [-0.1, -0.05) is 26.8 Å². The van der Waals surface area contributed by atoms with Crippen LogP contribution in [0.25, 0.3) is 0 Å². The van der Waals surface area contributed by atoms with Gasteiger partial charge in [-0.15, -0.1) is 0 Å². The first-order valence-corrected chi connectivity index (χ1v) is 9.40. The molecule has 0 aliphatic rings. The maximum atomic E-state index is 12.5. The molecule has 0 saturated carbocycles. The fourth-order valence-electron chi connectivity index (χ4n) is 1.87. The lowest BCUT2D eigenvalue weighted by Crippen LogP contribution is -2.30. The van der Waals surface area contributed by atoms with Crippen LogP contribution in [-0.4, -0.2) is 22.0 Å². The second-order valence-corrected chi connectivity index (χ2v) is 8.36. The predicted octanol–water partition coefficient (Wildman–Crippen LogP) is 3.05. The Balaban J connectivity index is 3.07. The number of hydrogen-bond donors (Lipinski definition) is 2. The van der Waals surface area contributed by atoms with Crippen LogP contribution >= 0.6 is 15.9 Å². The van der Waals surface area contributed by atoms with E-state index in [1.807, 2.05) is 27.0 Å². The van der Waals surface area contributed by atoms with Gasteiger partial charge in [-0.2, -0.15) is 0 Å². The van der Waals surface area contributed by atoms with Crippen LogP contribution in [0.1, 0.15) is 31.9 Å². The third-order valence-electron chi connectivity index (χ3n) is 3.68. The minimum atomic E-state index is -3.51. The molecule has 0 saturated heterocycles. The SMILES string of the molecule is CNCc1cc(C)c(Br)c(S(=O)(=O)NCC(C)C(C)C)c1. The zero-order valence-electron chi connectivity index (χ0n) is 13.3. The monoisotopic (exact) mass is 376 g/mol. The molecule has 0 bridgehead atoms. The summed E-state index contributed by atoms with van der Waals surface area (Å²) in [6, 6.07) is 3.70. The van der Waals surface area contributed by atoms with E-state index in [2.05, 4.69) is 39.8 Å². The molecule has 120 valence electrons. The lowest BCUT2D eigenvalue weighted by molar-refractivity contribution is 0.414. The van der Waals surface area contributed by atoms with Gasteiger partial charge in [-0.05, 0) is 58.9 Å². The third kappa shape index (κ3) is 5.06. The number of halogens is 1. The van der Waals surface area contributed by atoms with E-state index in [1.54, 1.807) is 6.07 Å². The average Bonchev–Trinajstić information content (AvgIpc) is 2.40. The molecule has 0 aliphatic carbocycles. The average molecular weight is 377 g/mol. The molecule has 0 aliphatic heterocycles. The van der Waals surface area contributed by atoms with Gasteiger partial charge in [0.1, 0.15) is 0 Å². The molecule has 2 N–H and O–H groups in total. The minimum Gasteiger partial charge on any atom is -0.316 e. The first-order chi connectivity index (χ1) is 9.69. The predicted molar refractivity (Wildman–Crippen MR) is 90.8 cm³/mol. The number of nitrogens with one attached hydrogen (secondary N) is 2. The Bertz CT molecular complexity index is 586. The quantitative estimate of drug-likeness (QED) is 0.768. The molecule has 1 atom stereocenters. The van der Waals surface area contributed by atoms with E-state index < -0.39 is 10.0 Å². The molecule has 0 spiro atoms. The van der Waals surface area contributed by atoms with Crippen LogP contribution in [0.2, 0.25) is 0 Å². The fourth-order valence-corrected chi connectivity index (χ4v) is 4.08. The van der Waals surface area contributed by atoms with E-state index in [9.17, 15) is 8.42 Å². The van der Waals surface area contributed by atoms with Crippen LogP contribution in [0.5, 0.6) is 0 Å². The summed E-state index contributed by atoms with van der Waals surface area (Å²) >= 11 is 3.40. The summed E-state index contributed by atoms with van der Waals surface area (Å²) < 4.78 is 28.4. The zero-order valence-corrected chi connectivity index (χ0v) is 15.7. The van der Waals surface area contributed by atoms with Crippen LogP contribution in [-0.2, 0) is 16.6 Å². The highest BCUT2D eigenvalue weighted by atomic mass is 79.9. The highest BCUT2D eigenvalue weighted by molar-refractivity contribution is 9.10. The summed E-state index contributed by atoms with van der Waals surface area (Å²) in [5.74, 6) is 0.730. The molecule has 6 heteroatoms. The van der Waals surface area contributed by atoms with Crippen molar-refractivity contribution in [3.63, 3.8) is 0 Å². The van der Waals surface area contributed by atoms with Crippen molar-refractivity contribution in [2.75, 3.05) is 13.6 Å². The van der Waals surface area contributed by atoms with E-state index in [0.29, 0.717) is 34.3 Å². The Kier molecular flexibility index (Phi) is 6.84. The standard InChI is InChI=1S/C15H25BrN2O2S/c1-10(2)12(4)8-18-21(19,20)14-7-13(9-17-5)6-11(3)15(14)16/h6-7,10,12,17-18H,8-9H2,1-5H3. The van der Waals surface area contributed by atoms with Gasteiger partial charge in [-0.3, -0.25) is 0 Å². The molecule has 0 heterocycles. The van der Waals surface area contributed by atoms with E-state index in [-0.39, 0.29) is 0 Å². The van der Waals surface area contributed by atoms with Crippen molar-refractivity contribution < 1.29 is 8.42 Å². The van der Waals surface area contributed by atoms with Gasteiger partial charge in [0.2, 0.25) is 10.0 Å². The molecule has 0 radical (unpaired) electrons. The van der Waals surface area contributed by atoms with Gasteiger partial charge in [0.15, 0.2) is 0 Å². The van der Waals surface area contributed by atoms with Crippen LogP contribution in [0.4, 0.5) is 0 Å². The van der Waals surface area contributed by atoms with E-state index in [0.717, 1.165) is 11.1 Å². The van der Waals surface area contributed by atoms with E-state index in [1.165, 1.54) is 0 Å². The molecule has 0 aromatic heterocycles. The highest BCUT2D eigenvalue weighted by Gasteiger charge is 2.21. The van der Waals surface area contributed by atoms with Gasteiger partial charge in [-0.25, -0.2) is 13.1 Å². The molecular formula is C15H25BrN2O2S. The molecule has 0 fully saturated rings. The first-order valence-electron chi connectivity index (χ1n) is 7.12. The number of hydrogen-bond acceptors (Lipinski definition) is 3. The molecule has 1 unspecified atom stereocenters.